The van der Waals surface area contributed by atoms with Gasteiger partial charge in [0.05, 0.1) is 0 Å². The van der Waals surface area contributed by atoms with Gasteiger partial charge in [0.25, 0.3) is 0 Å². The monoisotopic (exact) mass is 425 g/mol. The van der Waals surface area contributed by atoms with Crippen molar-refractivity contribution in [2.24, 2.45) is 0 Å². The van der Waals surface area contributed by atoms with E-state index in [4.69, 9.17) is 0 Å². The molecule has 1 N–H and O–H groups in total. The zero-order chi connectivity index (χ0) is 18.9. The fourth-order valence-electron chi connectivity index (χ4n) is 3.59. The fourth-order valence-corrected chi connectivity index (χ4v) is 4.14. The van der Waals surface area contributed by atoms with Crippen molar-refractivity contribution in [1.29, 1.82) is 0 Å². The Hall–Kier alpha value is -0.410. The van der Waals surface area contributed by atoms with E-state index in [0.717, 1.165) is 16.6 Å². The molecular weight excluding hydrogens is 386 g/mol. The van der Waals surface area contributed by atoms with Gasteiger partial charge >= 0.3 is 0 Å². The average Bonchev–Trinajstić information content (AvgIpc) is 2.64. The molecule has 0 aliphatic rings. The minimum absolute atomic E-state index is 0.176. The summed E-state index contributed by atoms with van der Waals surface area (Å²) in [6, 6.07) is 2.01. The van der Waals surface area contributed by atoms with Gasteiger partial charge in [-0.2, -0.15) is 0 Å². The highest BCUT2D eigenvalue weighted by atomic mass is 79.9. The van der Waals surface area contributed by atoms with E-state index in [1.165, 1.54) is 95.5 Å². The van der Waals surface area contributed by atoms with E-state index in [9.17, 15) is 5.11 Å². The minimum atomic E-state index is 0.176. The summed E-state index contributed by atoms with van der Waals surface area (Å²) in [6.45, 7) is 2.46. The lowest BCUT2D eigenvalue weighted by atomic mass is 10.0. The van der Waals surface area contributed by atoms with E-state index >= 15 is 0 Å². The first-order valence-corrected chi connectivity index (χ1v) is 11.8. The molecule has 0 radical (unpaired) electrons. The predicted octanol–water partition coefficient (Wildman–Crippen LogP) is 7.40. The Labute approximate surface area is 170 Å². The Kier molecular flexibility index (Phi) is 15.2. The Bertz CT molecular complexity index is 450. The summed E-state index contributed by atoms with van der Waals surface area (Å²) in [5, 5.41) is 9.17. The number of hydrogen-bond donors (Lipinski definition) is 1. The van der Waals surface area contributed by atoms with Crippen LogP contribution in [-0.2, 0) is 12.8 Å². The van der Waals surface area contributed by atoms with Crippen molar-refractivity contribution >= 4 is 15.9 Å². The van der Waals surface area contributed by atoms with Crippen LogP contribution in [0.15, 0.2) is 16.7 Å². The molecule has 0 bridgehead atoms. The molecule has 0 aromatic carbocycles. The molecule has 1 heterocycles. The molecule has 0 spiro atoms. The SMILES string of the molecule is CCCCCCCCCCCCCCCCc1c(Br)ccnc1CCO. The highest BCUT2D eigenvalue weighted by Gasteiger charge is 2.07. The van der Waals surface area contributed by atoms with Gasteiger partial charge in [-0.3, -0.25) is 4.98 Å². The molecule has 0 fully saturated rings. The van der Waals surface area contributed by atoms with Gasteiger partial charge in [-0.15, -0.1) is 0 Å². The summed E-state index contributed by atoms with van der Waals surface area (Å²) in [6.07, 6.45) is 23.1. The third-order valence-electron chi connectivity index (χ3n) is 5.22. The van der Waals surface area contributed by atoms with Gasteiger partial charge in [-0.25, -0.2) is 0 Å². The topological polar surface area (TPSA) is 33.1 Å². The van der Waals surface area contributed by atoms with Crippen LogP contribution in [0, 0.1) is 0 Å². The van der Waals surface area contributed by atoms with Crippen LogP contribution in [0.1, 0.15) is 108 Å². The molecule has 26 heavy (non-hydrogen) atoms. The number of unbranched alkanes of at least 4 members (excludes halogenated alkanes) is 13. The van der Waals surface area contributed by atoms with Crippen LogP contribution in [0.4, 0.5) is 0 Å². The third kappa shape index (κ3) is 11.3. The van der Waals surface area contributed by atoms with E-state index in [-0.39, 0.29) is 6.61 Å². The maximum absolute atomic E-state index is 9.17. The van der Waals surface area contributed by atoms with Gasteiger partial charge in [-0.05, 0) is 24.5 Å². The molecule has 0 atom stereocenters. The number of aliphatic hydroxyl groups is 1. The molecule has 0 saturated heterocycles. The quantitative estimate of drug-likeness (QED) is 0.263. The van der Waals surface area contributed by atoms with Crippen LogP contribution in [0.3, 0.4) is 0 Å². The molecule has 0 amide bonds. The molecule has 1 aromatic heterocycles. The van der Waals surface area contributed by atoms with Crippen LogP contribution in [0.25, 0.3) is 0 Å². The Morgan fingerprint density at radius 3 is 1.77 bits per heavy atom. The van der Waals surface area contributed by atoms with Crippen molar-refractivity contribution in [3.63, 3.8) is 0 Å². The van der Waals surface area contributed by atoms with Gasteiger partial charge in [-0.1, -0.05) is 106 Å². The maximum Gasteiger partial charge on any atom is 0.0486 e. The maximum atomic E-state index is 9.17. The fraction of sp³-hybridized carbons (Fsp3) is 0.783. The first kappa shape index (κ1) is 23.6. The average molecular weight is 426 g/mol. The van der Waals surface area contributed by atoms with E-state index in [2.05, 4.69) is 27.8 Å². The molecule has 0 aliphatic carbocycles. The normalized spacial score (nSPS) is 11.2. The molecule has 1 rings (SSSR count). The van der Waals surface area contributed by atoms with Gasteiger partial charge in [0.1, 0.15) is 0 Å². The second-order valence-electron chi connectivity index (χ2n) is 7.54. The van der Waals surface area contributed by atoms with Gasteiger partial charge < -0.3 is 5.11 Å². The first-order chi connectivity index (χ1) is 12.8. The second kappa shape index (κ2) is 16.7. The predicted molar refractivity (Wildman–Crippen MR) is 117 cm³/mol. The molecule has 2 nitrogen and oxygen atoms in total. The van der Waals surface area contributed by atoms with Crippen LogP contribution in [0.2, 0.25) is 0 Å². The summed E-state index contributed by atoms with van der Waals surface area (Å²) < 4.78 is 1.14. The molecule has 150 valence electrons. The summed E-state index contributed by atoms with van der Waals surface area (Å²) >= 11 is 3.64. The zero-order valence-corrected chi connectivity index (χ0v) is 18.5. The van der Waals surface area contributed by atoms with E-state index in [0.29, 0.717) is 6.42 Å². The number of aromatic nitrogens is 1. The molecule has 0 unspecified atom stereocenters. The van der Waals surface area contributed by atoms with E-state index < -0.39 is 0 Å². The number of pyridine rings is 1. The largest absolute Gasteiger partial charge is 0.396 e. The number of aliphatic hydroxyl groups excluding tert-OH is 1. The van der Waals surface area contributed by atoms with Crippen LogP contribution in [0.5, 0.6) is 0 Å². The summed E-state index contributed by atoms with van der Waals surface area (Å²) in [7, 11) is 0. The lowest BCUT2D eigenvalue weighted by Crippen LogP contribution is -2.02. The Balaban J connectivity index is 1.95. The standard InChI is InChI=1S/C23H40BrNO/c1-2-3-4-5-6-7-8-9-10-11-12-13-14-15-16-21-22(24)17-19-25-23(21)18-20-26/h17,19,26H,2-16,18,20H2,1H3. The first-order valence-electron chi connectivity index (χ1n) is 11.0. The lowest BCUT2D eigenvalue weighted by Gasteiger charge is -2.10. The Morgan fingerprint density at radius 2 is 1.27 bits per heavy atom. The highest BCUT2D eigenvalue weighted by molar-refractivity contribution is 9.10. The zero-order valence-electron chi connectivity index (χ0n) is 16.9. The summed E-state index contributed by atoms with van der Waals surface area (Å²) in [4.78, 5) is 4.42. The Morgan fingerprint density at radius 1 is 0.769 bits per heavy atom. The van der Waals surface area contributed by atoms with Crippen molar-refractivity contribution in [2.45, 2.75) is 110 Å². The van der Waals surface area contributed by atoms with Crippen molar-refractivity contribution in [3.8, 4) is 0 Å². The number of rotatable bonds is 17. The number of nitrogens with zero attached hydrogens (tertiary/aromatic N) is 1. The summed E-state index contributed by atoms with van der Waals surface area (Å²) in [5.41, 5.74) is 2.34. The number of hydrogen-bond acceptors (Lipinski definition) is 2. The molecule has 0 aliphatic heterocycles. The second-order valence-corrected chi connectivity index (χ2v) is 8.39. The molecule has 3 heteroatoms. The third-order valence-corrected chi connectivity index (χ3v) is 5.96. The van der Waals surface area contributed by atoms with Crippen LogP contribution >= 0.6 is 15.9 Å². The van der Waals surface area contributed by atoms with E-state index in [1.807, 2.05) is 12.3 Å². The molecule has 0 saturated carbocycles. The smallest absolute Gasteiger partial charge is 0.0486 e. The van der Waals surface area contributed by atoms with Gasteiger partial charge in [0.15, 0.2) is 0 Å². The van der Waals surface area contributed by atoms with E-state index in [1.54, 1.807) is 0 Å². The highest BCUT2D eigenvalue weighted by Crippen LogP contribution is 2.22. The van der Waals surface area contributed by atoms with Crippen LogP contribution in [-0.4, -0.2) is 16.7 Å². The van der Waals surface area contributed by atoms with Crippen molar-refractivity contribution in [1.82, 2.24) is 4.98 Å². The van der Waals surface area contributed by atoms with Crippen molar-refractivity contribution in [3.05, 3.63) is 28.0 Å². The summed E-state index contributed by atoms with van der Waals surface area (Å²) in [5.74, 6) is 0. The van der Waals surface area contributed by atoms with Crippen molar-refractivity contribution in [2.75, 3.05) is 6.61 Å². The lowest BCUT2D eigenvalue weighted by molar-refractivity contribution is 0.297. The van der Waals surface area contributed by atoms with Crippen LogP contribution < -0.4 is 0 Å². The molecular formula is C23H40BrNO. The number of halogens is 1. The van der Waals surface area contributed by atoms with Gasteiger partial charge in [0, 0.05) is 29.4 Å². The minimum Gasteiger partial charge on any atom is -0.396 e. The molecule has 1 aromatic rings. The van der Waals surface area contributed by atoms with Gasteiger partial charge in [0.2, 0.25) is 0 Å². The van der Waals surface area contributed by atoms with Crippen molar-refractivity contribution < 1.29 is 5.11 Å².